The first-order valence-corrected chi connectivity index (χ1v) is 6.29. The average Bonchev–Trinajstić information content (AvgIpc) is 2.66. The predicted octanol–water partition coefficient (Wildman–Crippen LogP) is 1.18. The van der Waals surface area contributed by atoms with Crippen molar-refractivity contribution in [1.82, 2.24) is 10.6 Å². The molecule has 21 heavy (non-hydrogen) atoms. The number of amides is 2. The molecule has 1 rings (SSSR count). The summed E-state index contributed by atoms with van der Waals surface area (Å²) in [4.78, 5) is 33.1. The fourth-order valence-electron chi connectivity index (χ4n) is 1.93. The molecule has 1 heterocycles. The minimum Gasteiger partial charge on any atom is -0.481 e. The van der Waals surface area contributed by atoms with Gasteiger partial charge in [-0.3, -0.25) is 4.79 Å². The van der Waals surface area contributed by atoms with Crippen LogP contribution in [-0.2, 0) is 9.59 Å². The number of hydrogen-bond acceptors (Lipinski definition) is 4. The number of urea groups is 1. The molecule has 2 amide bonds. The number of hydrogen-bond donors (Lipinski definition) is 4. The monoisotopic (exact) mass is 298 g/mol. The van der Waals surface area contributed by atoms with E-state index in [2.05, 4.69) is 10.6 Å². The molecular formula is C13H18N2O6. The van der Waals surface area contributed by atoms with Gasteiger partial charge in [-0.1, -0.05) is 0 Å². The Kier molecular flexibility index (Phi) is 5.34. The molecule has 0 aromatic carbocycles. The molecule has 1 aromatic heterocycles. The Morgan fingerprint density at radius 3 is 2.29 bits per heavy atom. The van der Waals surface area contributed by atoms with Crippen LogP contribution in [0.4, 0.5) is 4.79 Å². The molecule has 8 nitrogen and oxygen atoms in total. The van der Waals surface area contributed by atoms with Crippen molar-refractivity contribution < 1.29 is 29.0 Å². The van der Waals surface area contributed by atoms with Gasteiger partial charge in [0.2, 0.25) is 0 Å². The number of carbonyl (C=O) groups excluding carboxylic acids is 1. The fourth-order valence-corrected chi connectivity index (χ4v) is 1.93. The van der Waals surface area contributed by atoms with Gasteiger partial charge < -0.3 is 25.3 Å². The van der Waals surface area contributed by atoms with Crippen molar-refractivity contribution >= 4 is 18.0 Å². The molecule has 0 spiro atoms. The van der Waals surface area contributed by atoms with E-state index >= 15 is 0 Å². The van der Waals surface area contributed by atoms with Crippen LogP contribution in [0.2, 0.25) is 0 Å². The second-order valence-electron chi connectivity index (χ2n) is 4.70. The summed E-state index contributed by atoms with van der Waals surface area (Å²) in [5, 5.41) is 22.1. The summed E-state index contributed by atoms with van der Waals surface area (Å²) in [6.45, 7) is 5.24. The van der Waals surface area contributed by atoms with Crippen LogP contribution < -0.4 is 10.6 Å². The van der Waals surface area contributed by atoms with Crippen LogP contribution in [0.15, 0.2) is 10.5 Å². The lowest BCUT2D eigenvalue weighted by atomic mass is 10.1. The Balaban J connectivity index is 2.65. The number of nitrogens with one attached hydrogen (secondary N) is 2. The van der Waals surface area contributed by atoms with Crippen molar-refractivity contribution in [2.45, 2.75) is 39.3 Å². The molecule has 0 bridgehead atoms. The number of aryl methyl sites for hydroxylation is 2. The Bertz CT molecular complexity index is 551. The largest absolute Gasteiger partial charge is 0.481 e. The van der Waals surface area contributed by atoms with Gasteiger partial charge in [0.05, 0.1) is 12.5 Å². The summed E-state index contributed by atoms with van der Waals surface area (Å²) in [5.41, 5.74) is 0.771. The molecule has 0 saturated heterocycles. The van der Waals surface area contributed by atoms with E-state index in [-0.39, 0.29) is 0 Å². The lowest BCUT2D eigenvalue weighted by molar-refractivity contribution is -0.145. The van der Waals surface area contributed by atoms with Gasteiger partial charge in [-0.2, -0.15) is 0 Å². The lowest BCUT2D eigenvalue weighted by Crippen LogP contribution is -2.47. The van der Waals surface area contributed by atoms with Crippen LogP contribution in [-0.4, -0.2) is 34.2 Å². The summed E-state index contributed by atoms with van der Waals surface area (Å²) in [6.07, 6.45) is -0.693. The van der Waals surface area contributed by atoms with E-state index in [1.165, 1.54) is 0 Å². The molecule has 2 atom stereocenters. The summed E-state index contributed by atoms with van der Waals surface area (Å²) in [5.74, 6) is -1.36. The van der Waals surface area contributed by atoms with E-state index in [0.29, 0.717) is 11.5 Å². The topological polar surface area (TPSA) is 129 Å². The number of rotatable bonds is 6. The first-order chi connectivity index (χ1) is 9.70. The standard InChI is InChI=1S/C13H18N2O6/c1-6-4-9(8(3)21-6)7(2)14-13(20)15-10(12(18)19)5-11(16)17/h4,7,10H,5H2,1-3H3,(H,16,17)(H,18,19)(H2,14,15,20). The highest BCUT2D eigenvalue weighted by Crippen LogP contribution is 2.20. The van der Waals surface area contributed by atoms with Gasteiger partial charge in [0, 0.05) is 5.56 Å². The minimum atomic E-state index is -1.48. The molecule has 0 saturated carbocycles. The molecule has 0 fully saturated rings. The molecular weight excluding hydrogens is 280 g/mol. The highest BCUT2D eigenvalue weighted by atomic mass is 16.4. The van der Waals surface area contributed by atoms with Crippen LogP contribution in [0.3, 0.4) is 0 Å². The maximum atomic E-state index is 11.7. The average molecular weight is 298 g/mol. The van der Waals surface area contributed by atoms with Crippen molar-refractivity contribution in [1.29, 1.82) is 0 Å². The third-order valence-corrected chi connectivity index (χ3v) is 2.88. The predicted molar refractivity (Wildman–Crippen MR) is 71.9 cm³/mol. The Morgan fingerprint density at radius 2 is 1.86 bits per heavy atom. The van der Waals surface area contributed by atoms with Crippen molar-refractivity contribution in [3.05, 3.63) is 23.2 Å². The van der Waals surface area contributed by atoms with E-state index in [0.717, 1.165) is 5.56 Å². The van der Waals surface area contributed by atoms with Gasteiger partial charge in [0.15, 0.2) is 0 Å². The number of furan rings is 1. The van der Waals surface area contributed by atoms with Crippen LogP contribution in [0.1, 0.15) is 36.5 Å². The third kappa shape index (κ3) is 4.83. The van der Waals surface area contributed by atoms with Crippen molar-refractivity contribution in [3.8, 4) is 0 Å². The molecule has 0 radical (unpaired) electrons. The molecule has 0 aliphatic heterocycles. The van der Waals surface area contributed by atoms with E-state index in [4.69, 9.17) is 14.6 Å². The van der Waals surface area contributed by atoms with Gasteiger partial charge in [0.1, 0.15) is 17.6 Å². The molecule has 116 valence electrons. The van der Waals surface area contributed by atoms with Gasteiger partial charge in [-0.15, -0.1) is 0 Å². The van der Waals surface area contributed by atoms with E-state index in [9.17, 15) is 14.4 Å². The fraction of sp³-hybridized carbons (Fsp3) is 0.462. The summed E-state index contributed by atoms with van der Waals surface area (Å²) in [6, 6.07) is -0.871. The Labute approximate surface area is 121 Å². The molecule has 8 heteroatoms. The van der Waals surface area contributed by atoms with Crippen LogP contribution in [0.25, 0.3) is 0 Å². The van der Waals surface area contributed by atoms with Gasteiger partial charge in [-0.25, -0.2) is 9.59 Å². The molecule has 4 N–H and O–H groups in total. The summed E-state index contributed by atoms with van der Waals surface area (Å²) >= 11 is 0. The van der Waals surface area contributed by atoms with Crippen LogP contribution in [0, 0.1) is 13.8 Å². The van der Waals surface area contributed by atoms with Crippen molar-refractivity contribution in [2.24, 2.45) is 0 Å². The normalized spacial score (nSPS) is 13.3. The number of carbonyl (C=O) groups is 3. The SMILES string of the molecule is Cc1cc(C(C)NC(=O)NC(CC(=O)O)C(=O)O)c(C)o1. The van der Waals surface area contributed by atoms with Gasteiger partial charge in [-0.05, 0) is 26.8 Å². The third-order valence-electron chi connectivity index (χ3n) is 2.88. The van der Waals surface area contributed by atoms with Crippen molar-refractivity contribution in [2.75, 3.05) is 0 Å². The summed E-state index contributed by atoms with van der Waals surface area (Å²) in [7, 11) is 0. The Morgan fingerprint density at radius 1 is 1.24 bits per heavy atom. The molecule has 2 unspecified atom stereocenters. The van der Waals surface area contributed by atoms with Crippen molar-refractivity contribution in [3.63, 3.8) is 0 Å². The molecule has 1 aromatic rings. The zero-order valence-corrected chi connectivity index (χ0v) is 12.0. The smallest absolute Gasteiger partial charge is 0.326 e. The first-order valence-electron chi connectivity index (χ1n) is 6.29. The zero-order chi connectivity index (χ0) is 16.2. The summed E-state index contributed by atoms with van der Waals surface area (Å²) < 4.78 is 5.35. The number of carboxylic acids is 2. The second-order valence-corrected chi connectivity index (χ2v) is 4.70. The highest BCUT2D eigenvalue weighted by Gasteiger charge is 2.24. The van der Waals surface area contributed by atoms with Crippen LogP contribution >= 0.6 is 0 Å². The first kappa shape index (κ1) is 16.5. The second kappa shape index (κ2) is 6.78. The zero-order valence-electron chi connectivity index (χ0n) is 12.0. The Hall–Kier alpha value is -2.51. The maximum absolute atomic E-state index is 11.7. The van der Waals surface area contributed by atoms with E-state index in [1.807, 2.05) is 0 Å². The number of carboxylic acid groups (broad SMARTS) is 2. The molecule has 0 aliphatic carbocycles. The van der Waals surface area contributed by atoms with E-state index < -0.39 is 36.5 Å². The molecule has 0 aliphatic rings. The van der Waals surface area contributed by atoms with Gasteiger partial charge >= 0.3 is 18.0 Å². The van der Waals surface area contributed by atoms with E-state index in [1.54, 1.807) is 26.8 Å². The van der Waals surface area contributed by atoms with Crippen LogP contribution in [0.5, 0.6) is 0 Å². The van der Waals surface area contributed by atoms with Gasteiger partial charge in [0.25, 0.3) is 0 Å². The minimum absolute atomic E-state index is 0.401. The lowest BCUT2D eigenvalue weighted by Gasteiger charge is -2.17. The quantitative estimate of drug-likeness (QED) is 0.624. The number of aliphatic carboxylic acids is 2. The maximum Gasteiger partial charge on any atom is 0.326 e. The highest BCUT2D eigenvalue weighted by molar-refractivity contribution is 5.86.